The minimum atomic E-state index is 0.376. The summed E-state index contributed by atoms with van der Waals surface area (Å²) in [5, 5.41) is 0. The van der Waals surface area contributed by atoms with Crippen LogP contribution in [0, 0.1) is 0 Å². The summed E-state index contributed by atoms with van der Waals surface area (Å²) in [7, 11) is 0. The van der Waals surface area contributed by atoms with E-state index in [9.17, 15) is 0 Å². The molecular weight excluding hydrogens is 284 g/mol. The van der Waals surface area contributed by atoms with Gasteiger partial charge in [-0.05, 0) is 38.5 Å². The van der Waals surface area contributed by atoms with E-state index in [2.05, 4.69) is 11.1 Å². The van der Waals surface area contributed by atoms with Crippen LogP contribution in [-0.4, -0.2) is 29.1 Å². The number of aromatic nitrogens is 2. The number of piperidine rings is 1. The van der Waals surface area contributed by atoms with Crippen molar-refractivity contribution in [3.8, 4) is 0 Å². The first-order valence-corrected chi connectivity index (χ1v) is 9.68. The molecule has 4 heteroatoms. The number of nitrogens with two attached hydrogens (primary N) is 1. The van der Waals surface area contributed by atoms with E-state index in [0.717, 1.165) is 31.8 Å². The average Bonchev–Trinajstić information content (AvgIpc) is 2.55. The van der Waals surface area contributed by atoms with Crippen LogP contribution in [0.4, 0.5) is 5.69 Å². The molecule has 0 unspecified atom stereocenters. The van der Waals surface area contributed by atoms with E-state index in [1.807, 2.05) is 0 Å². The van der Waals surface area contributed by atoms with E-state index in [0.29, 0.717) is 17.9 Å². The van der Waals surface area contributed by atoms with Crippen LogP contribution in [0.1, 0.15) is 87.6 Å². The van der Waals surface area contributed by atoms with Crippen LogP contribution in [0.15, 0.2) is 6.20 Å². The first kappa shape index (κ1) is 15.4. The molecule has 1 saturated heterocycles. The first-order valence-electron chi connectivity index (χ1n) is 9.68. The summed E-state index contributed by atoms with van der Waals surface area (Å²) in [4.78, 5) is 12.4. The van der Waals surface area contributed by atoms with Crippen molar-refractivity contribution in [2.75, 3.05) is 18.0 Å². The summed E-state index contributed by atoms with van der Waals surface area (Å²) in [6.45, 7) is 2.13. The third kappa shape index (κ3) is 3.23. The number of rotatable bonds is 3. The van der Waals surface area contributed by atoms with Gasteiger partial charge in [0.15, 0.2) is 0 Å². The van der Waals surface area contributed by atoms with Gasteiger partial charge in [-0.3, -0.25) is 0 Å². The lowest BCUT2D eigenvalue weighted by atomic mass is 9.81. The Morgan fingerprint density at radius 2 is 1.57 bits per heavy atom. The van der Waals surface area contributed by atoms with Crippen molar-refractivity contribution in [3.05, 3.63) is 17.7 Å². The number of nitrogens with zero attached hydrogens (tertiary/aromatic N) is 3. The zero-order valence-corrected chi connectivity index (χ0v) is 14.2. The first-order chi connectivity index (χ1) is 11.3. The maximum atomic E-state index is 6.07. The molecule has 4 rings (SSSR count). The molecule has 3 aliphatic rings. The summed E-state index contributed by atoms with van der Waals surface area (Å²) in [6.07, 6.45) is 14.9. The van der Waals surface area contributed by atoms with Crippen LogP contribution in [0.3, 0.4) is 0 Å². The maximum absolute atomic E-state index is 6.07. The molecular formula is C19H30N4. The lowest BCUT2D eigenvalue weighted by Crippen LogP contribution is -2.40. The summed E-state index contributed by atoms with van der Waals surface area (Å²) in [5.74, 6) is 2.40. The molecule has 2 saturated carbocycles. The van der Waals surface area contributed by atoms with Gasteiger partial charge in [0.2, 0.25) is 0 Å². The quantitative estimate of drug-likeness (QED) is 0.924. The molecule has 0 bridgehead atoms. The molecule has 23 heavy (non-hydrogen) atoms. The van der Waals surface area contributed by atoms with E-state index < -0.39 is 0 Å². The highest BCUT2D eigenvalue weighted by atomic mass is 15.2. The van der Waals surface area contributed by atoms with Crippen LogP contribution in [0.2, 0.25) is 0 Å². The highest BCUT2D eigenvalue weighted by molar-refractivity contribution is 5.51. The number of anilines is 1. The Bertz CT molecular complexity index is 526. The molecule has 0 amide bonds. The fraction of sp³-hybridized carbons (Fsp3) is 0.789. The predicted molar refractivity (Wildman–Crippen MR) is 93.9 cm³/mol. The van der Waals surface area contributed by atoms with Gasteiger partial charge in [0, 0.05) is 31.0 Å². The molecule has 0 atom stereocenters. The second-order valence-corrected chi connectivity index (χ2v) is 7.79. The summed E-state index contributed by atoms with van der Waals surface area (Å²) in [5.41, 5.74) is 8.73. The van der Waals surface area contributed by atoms with Gasteiger partial charge in [-0.25, -0.2) is 9.97 Å². The second-order valence-electron chi connectivity index (χ2n) is 7.79. The van der Waals surface area contributed by atoms with E-state index in [1.54, 1.807) is 0 Å². The van der Waals surface area contributed by atoms with E-state index in [4.69, 9.17) is 15.7 Å². The zero-order chi connectivity index (χ0) is 15.6. The van der Waals surface area contributed by atoms with Crippen LogP contribution in [0.5, 0.6) is 0 Å². The normalized spacial score (nSPS) is 24.7. The smallest absolute Gasteiger partial charge is 0.131 e. The fourth-order valence-electron chi connectivity index (χ4n) is 4.33. The zero-order valence-electron chi connectivity index (χ0n) is 14.2. The van der Waals surface area contributed by atoms with Gasteiger partial charge in [-0.1, -0.05) is 25.7 Å². The Labute approximate surface area is 139 Å². The number of hydrogen-bond donors (Lipinski definition) is 1. The van der Waals surface area contributed by atoms with Crippen LogP contribution >= 0.6 is 0 Å². The lowest BCUT2D eigenvalue weighted by molar-refractivity contribution is 0.397. The van der Waals surface area contributed by atoms with Gasteiger partial charge in [-0.2, -0.15) is 0 Å². The topological polar surface area (TPSA) is 55.0 Å². The van der Waals surface area contributed by atoms with E-state index in [-0.39, 0.29) is 0 Å². The highest BCUT2D eigenvalue weighted by Crippen LogP contribution is 2.41. The molecule has 126 valence electrons. The molecule has 2 aliphatic carbocycles. The van der Waals surface area contributed by atoms with Crippen LogP contribution < -0.4 is 10.6 Å². The minimum absolute atomic E-state index is 0.376. The summed E-state index contributed by atoms with van der Waals surface area (Å²) >= 11 is 0. The molecule has 0 spiro atoms. The van der Waals surface area contributed by atoms with Crippen molar-refractivity contribution in [2.45, 2.75) is 82.1 Å². The SMILES string of the molecule is NC1CCN(c2cnc(C3CCCCC3)nc2C2CCC2)CC1. The maximum Gasteiger partial charge on any atom is 0.131 e. The van der Waals surface area contributed by atoms with E-state index in [1.165, 1.54) is 62.7 Å². The van der Waals surface area contributed by atoms with Gasteiger partial charge in [-0.15, -0.1) is 0 Å². The van der Waals surface area contributed by atoms with Crippen molar-refractivity contribution in [1.82, 2.24) is 9.97 Å². The monoisotopic (exact) mass is 314 g/mol. The fourth-order valence-corrected chi connectivity index (χ4v) is 4.33. The Morgan fingerprint density at radius 3 is 2.22 bits per heavy atom. The van der Waals surface area contributed by atoms with E-state index >= 15 is 0 Å². The van der Waals surface area contributed by atoms with Crippen molar-refractivity contribution >= 4 is 5.69 Å². The van der Waals surface area contributed by atoms with Gasteiger partial charge < -0.3 is 10.6 Å². The van der Waals surface area contributed by atoms with Crippen LogP contribution in [0.25, 0.3) is 0 Å². The Hall–Kier alpha value is -1.16. The molecule has 3 fully saturated rings. The summed E-state index contributed by atoms with van der Waals surface area (Å²) < 4.78 is 0. The molecule has 4 nitrogen and oxygen atoms in total. The molecule has 1 aromatic rings. The highest BCUT2D eigenvalue weighted by Gasteiger charge is 2.29. The van der Waals surface area contributed by atoms with Gasteiger partial charge in [0.1, 0.15) is 5.82 Å². The van der Waals surface area contributed by atoms with Crippen molar-refractivity contribution in [3.63, 3.8) is 0 Å². The molecule has 1 aromatic heterocycles. The van der Waals surface area contributed by atoms with Gasteiger partial charge in [0.25, 0.3) is 0 Å². The molecule has 0 aromatic carbocycles. The van der Waals surface area contributed by atoms with Gasteiger partial charge in [0.05, 0.1) is 17.6 Å². The van der Waals surface area contributed by atoms with Crippen molar-refractivity contribution in [2.24, 2.45) is 5.73 Å². The summed E-state index contributed by atoms with van der Waals surface area (Å²) in [6, 6.07) is 0.376. The number of hydrogen-bond acceptors (Lipinski definition) is 4. The van der Waals surface area contributed by atoms with Crippen molar-refractivity contribution in [1.29, 1.82) is 0 Å². The largest absolute Gasteiger partial charge is 0.369 e. The molecule has 1 aliphatic heterocycles. The Balaban J connectivity index is 1.60. The standard InChI is InChI=1S/C19H30N4/c20-16-9-11-23(12-10-16)17-13-21-19(15-5-2-1-3-6-15)22-18(17)14-7-4-8-14/h13-16H,1-12,20H2. The Morgan fingerprint density at radius 1 is 0.870 bits per heavy atom. The van der Waals surface area contributed by atoms with Crippen molar-refractivity contribution < 1.29 is 0 Å². The minimum Gasteiger partial charge on any atom is -0.369 e. The molecule has 2 heterocycles. The van der Waals surface area contributed by atoms with Crippen LogP contribution in [-0.2, 0) is 0 Å². The molecule has 0 radical (unpaired) electrons. The Kier molecular flexibility index (Phi) is 4.52. The molecule has 2 N–H and O–H groups in total. The average molecular weight is 314 g/mol. The third-order valence-corrected chi connectivity index (χ3v) is 6.16. The van der Waals surface area contributed by atoms with Gasteiger partial charge >= 0.3 is 0 Å². The lowest BCUT2D eigenvalue weighted by Gasteiger charge is -2.36. The predicted octanol–water partition coefficient (Wildman–Crippen LogP) is 3.72. The third-order valence-electron chi connectivity index (χ3n) is 6.16. The second kappa shape index (κ2) is 6.76.